The predicted octanol–water partition coefficient (Wildman–Crippen LogP) is 2.19. The number of hydrogen-bond acceptors (Lipinski definition) is 5. The highest BCUT2D eigenvalue weighted by atomic mass is 15.2. The molecule has 0 radical (unpaired) electrons. The highest BCUT2D eigenvalue weighted by Gasteiger charge is 2.26. The van der Waals surface area contributed by atoms with E-state index in [-0.39, 0.29) is 12.0 Å². The van der Waals surface area contributed by atoms with Crippen LogP contribution in [0, 0.1) is 5.92 Å². The van der Waals surface area contributed by atoms with E-state index in [0.717, 1.165) is 12.8 Å². The van der Waals surface area contributed by atoms with Crippen LogP contribution in [-0.2, 0) is 6.42 Å². The standard InChI is InChI=1S/C14H17N5/c1-9-6-7-10-4-2-3-5-11(10)12(9)18-14-17-8-16-13(15)19-14/h2-5,8-9,12H,6-7H2,1H3,(H3,15,16,17,18,19)/t9-,12-/m1/s1. The molecule has 98 valence electrons. The minimum Gasteiger partial charge on any atom is -0.368 e. The van der Waals surface area contributed by atoms with Crippen molar-refractivity contribution in [1.82, 2.24) is 15.0 Å². The molecule has 0 unspecified atom stereocenters. The van der Waals surface area contributed by atoms with Gasteiger partial charge in [-0.3, -0.25) is 0 Å². The molecule has 0 bridgehead atoms. The number of aromatic nitrogens is 3. The molecule has 1 heterocycles. The van der Waals surface area contributed by atoms with Crippen molar-refractivity contribution >= 4 is 11.9 Å². The second kappa shape index (κ2) is 4.84. The zero-order chi connectivity index (χ0) is 13.2. The lowest BCUT2D eigenvalue weighted by atomic mass is 9.81. The molecule has 3 N–H and O–H groups in total. The molecule has 0 fully saturated rings. The van der Waals surface area contributed by atoms with Crippen molar-refractivity contribution in [3.05, 3.63) is 41.7 Å². The molecule has 3 rings (SSSR count). The van der Waals surface area contributed by atoms with Crippen molar-refractivity contribution in [3.8, 4) is 0 Å². The maximum atomic E-state index is 5.59. The van der Waals surface area contributed by atoms with Crippen molar-refractivity contribution in [3.63, 3.8) is 0 Å². The first-order chi connectivity index (χ1) is 9.24. The summed E-state index contributed by atoms with van der Waals surface area (Å²) in [7, 11) is 0. The van der Waals surface area contributed by atoms with Crippen molar-refractivity contribution in [2.24, 2.45) is 5.92 Å². The third-order valence-electron chi connectivity index (χ3n) is 3.70. The van der Waals surface area contributed by atoms with Crippen molar-refractivity contribution < 1.29 is 0 Å². The lowest BCUT2D eigenvalue weighted by Crippen LogP contribution is -2.25. The van der Waals surface area contributed by atoms with Gasteiger partial charge in [0.1, 0.15) is 6.33 Å². The number of hydrogen-bond donors (Lipinski definition) is 2. The van der Waals surface area contributed by atoms with Gasteiger partial charge in [0.15, 0.2) is 0 Å². The maximum absolute atomic E-state index is 5.59. The summed E-state index contributed by atoms with van der Waals surface area (Å²) in [5.74, 6) is 1.32. The number of aryl methyl sites for hydroxylation is 1. The van der Waals surface area contributed by atoms with Gasteiger partial charge in [0, 0.05) is 0 Å². The van der Waals surface area contributed by atoms with E-state index in [1.165, 1.54) is 17.5 Å². The average Bonchev–Trinajstić information content (AvgIpc) is 2.42. The lowest BCUT2D eigenvalue weighted by Gasteiger charge is -2.32. The van der Waals surface area contributed by atoms with Gasteiger partial charge < -0.3 is 11.1 Å². The zero-order valence-corrected chi connectivity index (χ0v) is 10.9. The number of fused-ring (bicyclic) bond motifs is 1. The fourth-order valence-corrected chi connectivity index (χ4v) is 2.66. The molecule has 1 aliphatic rings. The fourth-order valence-electron chi connectivity index (χ4n) is 2.66. The number of anilines is 2. The molecule has 0 amide bonds. The van der Waals surface area contributed by atoms with Crippen LogP contribution in [-0.4, -0.2) is 15.0 Å². The van der Waals surface area contributed by atoms with Crippen molar-refractivity contribution in [1.29, 1.82) is 0 Å². The van der Waals surface area contributed by atoms with Crippen LogP contribution in [0.5, 0.6) is 0 Å². The third-order valence-corrected chi connectivity index (χ3v) is 3.70. The maximum Gasteiger partial charge on any atom is 0.227 e. The van der Waals surface area contributed by atoms with E-state index >= 15 is 0 Å². The number of nitrogens with zero attached hydrogens (tertiary/aromatic N) is 3. The van der Waals surface area contributed by atoms with E-state index in [4.69, 9.17) is 5.73 Å². The van der Waals surface area contributed by atoms with Crippen molar-refractivity contribution in [2.75, 3.05) is 11.1 Å². The van der Waals surface area contributed by atoms with Gasteiger partial charge in [-0.05, 0) is 29.9 Å². The topological polar surface area (TPSA) is 76.7 Å². The summed E-state index contributed by atoms with van der Waals surface area (Å²) < 4.78 is 0. The van der Waals surface area contributed by atoms with Crippen LogP contribution in [0.3, 0.4) is 0 Å². The largest absolute Gasteiger partial charge is 0.368 e. The van der Waals surface area contributed by atoms with Gasteiger partial charge in [-0.1, -0.05) is 31.2 Å². The number of nitrogens with one attached hydrogen (secondary N) is 1. The van der Waals surface area contributed by atoms with E-state index in [2.05, 4.69) is 51.5 Å². The Bertz CT molecular complexity index is 584. The van der Waals surface area contributed by atoms with E-state index < -0.39 is 0 Å². The summed E-state index contributed by atoms with van der Waals surface area (Å²) in [6.07, 6.45) is 3.73. The van der Waals surface area contributed by atoms with Crippen molar-refractivity contribution in [2.45, 2.75) is 25.8 Å². The van der Waals surface area contributed by atoms with E-state index in [9.17, 15) is 0 Å². The first-order valence-corrected chi connectivity index (χ1v) is 6.53. The minimum absolute atomic E-state index is 0.228. The normalized spacial score (nSPS) is 21.7. The third kappa shape index (κ3) is 2.36. The van der Waals surface area contributed by atoms with Gasteiger partial charge in [0.25, 0.3) is 0 Å². The Morgan fingerprint density at radius 3 is 2.95 bits per heavy atom. The van der Waals surface area contributed by atoms with E-state index in [1.54, 1.807) is 0 Å². The highest BCUT2D eigenvalue weighted by Crippen LogP contribution is 2.35. The van der Waals surface area contributed by atoms with Gasteiger partial charge >= 0.3 is 0 Å². The first kappa shape index (κ1) is 11.9. The average molecular weight is 255 g/mol. The number of benzene rings is 1. The van der Waals surface area contributed by atoms with Gasteiger partial charge in [-0.25, -0.2) is 9.97 Å². The molecule has 1 aromatic heterocycles. The van der Waals surface area contributed by atoms with Gasteiger partial charge in [-0.2, -0.15) is 4.98 Å². The van der Waals surface area contributed by atoms with Crippen LogP contribution >= 0.6 is 0 Å². The molecule has 5 nitrogen and oxygen atoms in total. The Labute approximate surface area is 112 Å². The summed E-state index contributed by atoms with van der Waals surface area (Å²) in [6, 6.07) is 8.76. The Kier molecular flexibility index (Phi) is 3.03. The minimum atomic E-state index is 0.228. The molecule has 0 spiro atoms. The Morgan fingerprint density at radius 2 is 2.11 bits per heavy atom. The van der Waals surface area contributed by atoms with Crippen LogP contribution in [0.1, 0.15) is 30.5 Å². The molecule has 0 saturated carbocycles. The Morgan fingerprint density at radius 1 is 1.26 bits per heavy atom. The number of nitrogens with two attached hydrogens (primary N) is 1. The van der Waals surface area contributed by atoms with E-state index in [0.29, 0.717) is 11.9 Å². The highest BCUT2D eigenvalue weighted by molar-refractivity contribution is 5.40. The van der Waals surface area contributed by atoms with Crippen LogP contribution in [0.2, 0.25) is 0 Å². The molecule has 2 aromatic rings. The first-order valence-electron chi connectivity index (χ1n) is 6.53. The molecule has 1 aliphatic carbocycles. The SMILES string of the molecule is C[C@@H]1CCc2ccccc2[C@@H]1Nc1ncnc(N)n1. The monoisotopic (exact) mass is 255 g/mol. The van der Waals surface area contributed by atoms with Crippen LogP contribution in [0.4, 0.5) is 11.9 Å². The summed E-state index contributed by atoms with van der Waals surface area (Å²) in [6.45, 7) is 2.25. The Hall–Kier alpha value is -2.17. The molecule has 19 heavy (non-hydrogen) atoms. The summed E-state index contributed by atoms with van der Waals surface area (Å²) >= 11 is 0. The van der Waals surface area contributed by atoms with Crippen LogP contribution < -0.4 is 11.1 Å². The summed E-state index contributed by atoms with van der Waals surface area (Å²) in [4.78, 5) is 12.1. The summed E-state index contributed by atoms with van der Waals surface area (Å²) in [5, 5.41) is 3.39. The smallest absolute Gasteiger partial charge is 0.227 e. The lowest BCUT2D eigenvalue weighted by molar-refractivity contribution is 0.432. The Balaban J connectivity index is 1.91. The second-order valence-electron chi connectivity index (χ2n) is 5.00. The number of rotatable bonds is 2. The fraction of sp³-hybridized carbons (Fsp3) is 0.357. The van der Waals surface area contributed by atoms with Crippen LogP contribution in [0.15, 0.2) is 30.6 Å². The molecule has 5 heteroatoms. The predicted molar refractivity (Wildman–Crippen MR) is 74.5 cm³/mol. The molecular formula is C14H17N5. The molecule has 0 aliphatic heterocycles. The van der Waals surface area contributed by atoms with Gasteiger partial charge in [-0.15, -0.1) is 0 Å². The molecule has 2 atom stereocenters. The quantitative estimate of drug-likeness (QED) is 0.860. The molecular weight excluding hydrogens is 238 g/mol. The van der Waals surface area contributed by atoms with Crippen LogP contribution in [0.25, 0.3) is 0 Å². The number of nitrogen functional groups attached to an aromatic ring is 1. The molecule has 0 saturated heterocycles. The van der Waals surface area contributed by atoms with E-state index in [1.807, 2.05) is 0 Å². The van der Waals surface area contributed by atoms with Gasteiger partial charge in [0.2, 0.25) is 11.9 Å². The zero-order valence-electron chi connectivity index (χ0n) is 10.9. The van der Waals surface area contributed by atoms with Gasteiger partial charge in [0.05, 0.1) is 6.04 Å². The second-order valence-corrected chi connectivity index (χ2v) is 5.00. The molecule has 1 aromatic carbocycles. The summed E-state index contributed by atoms with van der Waals surface area (Å²) in [5.41, 5.74) is 8.33.